The van der Waals surface area contributed by atoms with Crippen LogP contribution >= 0.6 is 0 Å². The molecular formula is C48H33N. The Bertz CT molecular complexity index is 2780. The molecule has 10 rings (SSSR count). The van der Waals surface area contributed by atoms with Crippen molar-refractivity contribution in [3.63, 3.8) is 0 Å². The number of pyridine rings is 1. The fraction of sp³-hybridized carbons (Fsp3) is 0.0625. The first-order chi connectivity index (χ1) is 24.0. The molecule has 0 N–H and O–H groups in total. The highest BCUT2D eigenvalue weighted by molar-refractivity contribution is 6.15. The van der Waals surface area contributed by atoms with Gasteiger partial charge in [-0.25, -0.2) is 4.98 Å². The Morgan fingerprint density at radius 1 is 0.408 bits per heavy atom. The number of rotatable bonds is 3. The van der Waals surface area contributed by atoms with Gasteiger partial charge >= 0.3 is 0 Å². The Hall–Kier alpha value is -6.05. The van der Waals surface area contributed by atoms with Gasteiger partial charge in [-0.05, 0) is 95.7 Å². The molecule has 1 aliphatic rings. The molecule has 230 valence electrons. The Morgan fingerprint density at radius 3 is 1.71 bits per heavy atom. The first-order valence-electron chi connectivity index (χ1n) is 17.1. The van der Waals surface area contributed by atoms with E-state index in [4.69, 9.17) is 4.98 Å². The molecule has 8 aromatic carbocycles. The number of fused-ring (bicyclic) bond motifs is 9. The Kier molecular flexibility index (Phi) is 5.99. The zero-order valence-corrected chi connectivity index (χ0v) is 27.5. The lowest BCUT2D eigenvalue weighted by Crippen LogP contribution is -2.15. The number of nitrogens with zero attached hydrogens (tertiary/aromatic N) is 1. The Morgan fingerprint density at radius 2 is 0.959 bits per heavy atom. The Balaban J connectivity index is 1.05. The van der Waals surface area contributed by atoms with Crippen molar-refractivity contribution in [2.24, 2.45) is 0 Å². The zero-order valence-electron chi connectivity index (χ0n) is 27.5. The predicted molar refractivity (Wildman–Crippen MR) is 208 cm³/mol. The van der Waals surface area contributed by atoms with Crippen molar-refractivity contribution in [1.29, 1.82) is 0 Å². The molecule has 1 heteroatoms. The molecule has 0 aliphatic heterocycles. The molecular weight excluding hydrogens is 591 g/mol. The lowest BCUT2D eigenvalue weighted by atomic mass is 9.79. The summed E-state index contributed by atoms with van der Waals surface area (Å²) in [6, 6.07) is 60.0. The quantitative estimate of drug-likeness (QED) is 0.178. The van der Waals surface area contributed by atoms with E-state index in [1.807, 2.05) is 0 Å². The molecule has 1 aromatic heterocycles. The highest BCUT2D eigenvalue weighted by Gasteiger charge is 2.37. The molecule has 0 amide bonds. The van der Waals surface area contributed by atoms with E-state index >= 15 is 0 Å². The average molecular weight is 624 g/mol. The molecule has 0 atom stereocenters. The SMILES string of the molecule is CC1(C)c2ccccc2-c2ccc3c(-c4ccc(-c5ccc6cc(-c7ccc8ccccc8c7)ccc6c5)cc4)nc4ccccc4c3c21. The predicted octanol–water partition coefficient (Wildman–Crippen LogP) is 13.0. The first kappa shape index (κ1) is 28.0. The summed E-state index contributed by atoms with van der Waals surface area (Å²) in [6.45, 7) is 4.74. The zero-order chi connectivity index (χ0) is 32.7. The lowest BCUT2D eigenvalue weighted by molar-refractivity contribution is 0.666. The maximum atomic E-state index is 5.29. The maximum absolute atomic E-state index is 5.29. The van der Waals surface area contributed by atoms with E-state index in [9.17, 15) is 0 Å². The lowest BCUT2D eigenvalue weighted by Gasteiger charge is -2.24. The van der Waals surface area contributed by atoms with E-state index in [0.29, 0.717) is 0 Å². The second-order valence-corrected chi connectivity index (χ2v) is 14.0. The highest BCUT2D eigenvalue weighted by Crippen LogP contribution is 2.53. The third kappa shape index (κ3) is 4.29. The standard InChI is InChI=1S/C48H33N/c1-48(2)43-13-7-5-11-39(43)40-25-26-42-45(46(40)48)41-12-6-8-14-44(41)49-47(42)32-18-15-31(16-19-32)34-21-22-37-29-38(24-23-36(37)28-34)35-20-17-30-9-3-4-10-33(30)27-35/h3-29H,1-2H3. The van der Waals surface area contributed by atoms with Gasteiger partial charge in [-0.2, -0.15) is 0 Å². The van der Waals surface area contributed by atoms with E-state index < -0.39 is 0 Å². The van der Waals surface area contributed by atoms with Crippen molar-refractivity contribution < 1.29 is 0 Å². The van der Waals surface area contributed by atoms with Gasteiger partial charge in [0.15, 0.2) is 0 Å². The van der Waals surface area contributed by atoms with Crippen molar-refractivity contribution in [2.75, 3.05) is 0 Å². The van der Waals surface area contributed by atoms with Gasteiger partial charge in [0.05, 0.1) is 11.2 Å². The molecule has 0 spiro atoms. The highest BCUT2D eigenvalue weighted by atomic mass is 14.7. The number of benzene rings is 8. The third-order valence-electron chi connectivity index (χ3n) is 10.8. The molecule has 9 aromatic rings. The van der Waals surface area contributed by atoms with Crippen molar-refractivity contribution in [1.82, 2.24) is 4.98 Å². The van der Waals surface area contributed by atoms with Crippen LogP contribution in [0, 0.1) is 0 Å². The number of hydrogen-bond donors (Lipinski definition) is 0. The van der Waals surface area contributed by atoms with Gasteiger partial charge in [0.25, 0.3) is 0 Å². The summed E-state index contributed by atoms with van der Waals surface area (Å²) in [5.41, 5.74) is 13.5. The summed E-state index contributed by atoms with van der Waals surface area (Å²) in [5, 5.41) is 8.77. The molecule has 0 saturated heterocycles. The molecule has 0 bridgehead atoms. The van der Waals surface area contributed by atoms with Crippen LogP contribution in [0.25, 0.3) is 87.9 Å². The van der Waals surface area contributed by atoms with Gasteiger partial charge < -0.3 is 0 Å². The second-order valence-electron chi connectivity index (χ2n) is 14.0. The summed E-state index contributed by atoms with van der Waals surface area (Å²) >= 11 is 0. The van der Waals surface area contributed by atoms with E-state index in [-0.39, 0.29) is 5.41 Å². The third-order valence-corrected chi connectivity index (χ3v) is 10.8. The van der Waals surface area contributed by atoms with Crippen LogP contribution in [0.3, 0.4) is 0 Å². The van der Waals surface area contributed by atoms with Crippen LogP contribution in [-0.2, 0) is 5.41 Å². The van der Waals surface area contributed by atoms with Gasteiger partial charge in [-0.15, -0.1) is 0 Å². The Labute approximate surface area is 286 Å². The van der Waals surface area contributed by atoms with Crippen LogP contribution in [0.2, 0.25) is 0 Å². The monoisotopic (exact) mass is 623 g/mol. The molecule has 1 heterocycles. The van der Waals surface area contributed by atoms with Crippen LogP contribution in [-0.4, -0.2) is 4.98 Å². The van der Waals surface area contributed by atoms with Gasteiger partial charge in [0.1, 0.15) is 0 Å². The minimum absolute atomic E-state index is 0.108. The van der Waals surface area contributed by atoms with Crippen LogP contribution < -0.4 is 0 Å². The van der Waals surface area contributed by atoms with Gasteiger partial charge in [0, 0.05) is 21.8 Å². The van der Waals surface area contributed by atoms with Crippen molar-refractivity contribution in [2.45, 2.75) is 19.3 Å². The fourth-order valence-electron chi connectivity index (χ4n) is 8.33. The average Bonchev–Trinajstić information content (AvgIpc) is 3.40. The summed E-state index contributed by atoms with van der Waals surface area (Å²) in [6.07, 6.45) is 0. The van der Waals surface area contributed by atoms with E-state index in [0.717, 1.165) is 16.8 Å². The van der Waals surface area contributed by atoms with Crippen LogP contribution in [0.15, 0.2) is 164 Å². The minimum Gasteiger partial charge on any atom is -0.247 e. The summed E-state index contributed by atoms with van der Waals surface area (Å²) in [5.74, 6) is 0. The molecule has 0 fully saturated rings. The molecule has 1 aliphatic carbocycles. The molecule has 0 saturated carbocycles. The molecule has 49 heavy (non-hydrogen) atoms. The van der Waals surface area contributed by atoms with Crippen LogP contribution in [0.1, 0.15) is 25.0 Å². The van der Waals surface area contributed by atoms with E-state index in [1.54, 1.807) is 0 Å². The second kappa shape index (κ2) is 10.5. The topological polar surface area (TPSA) is 12.9 Å². The van der Waals surface area contributed by atoms with Crippen molar-refractivity contribution in [3.8, 4) is 44.6 Å². The molecule has 0 radical (unpaired) electrons. The number of hydrogen-bond acceptors (Lipinski definition) is 1. The largest absolute Gasteiger partial charge is 0.247 e. The van der Waals surface area contributed by atoms with Crippen molar-refractivity contribution >= 4 is 43.2 Å². The summed E-state index contributed by atoms with van der Waals surface area (Å²) < 4.78 is 0. The number of aromatic nitrogens is 1. The molecule has 0 unspecified atom stereocenters. The minimum atomic E-state index is -0.108. The van der Waals surface area contributed by atoms with Gasteiger partial charge in [0.2, 0.25) is 0 Å². The van der Waals surface area contributed by atoms with E-state index in [1.165, 1.54) is 82.2 Å². The van der Waals surface area contributed by atoms with Gasteiger partial charge in [-0.1, -0.05) is 153 Å². The van der Waals surface area contributed by atoms with Crippen LogP contribution in [0.5, 0.6) is 0 Å². The van der Waals surface area contributed by atoms with Crippen molar-refractivity contribution in [3.05, 3.63) is 175 Å². The first-order valence-corrected chi connectivity index (χ1v) is 17.1. The summed E-state index contributed by atoms with van der Waals surface area (Å²) in [4.78, 5) is 5.29. The fourth-order valence-corrected chi connectivity index (χ4v) is 8.33. The van der Waals surface area contributed by atoms with Gasteiger partial charge in [-0.3, -0.25) is 0 Å². The van der Waals surface area contributed by atoms with E-state index in [2.05, 4.69) is 178 Å². The summed E-state index contributed by atoms with van der Waals surface area (Å²) in [7, 11) is 0. The van der Waals surface area contributed by atoms with Crippen LogP contribution in [0.4, 0.5) is 0 Å². The smallest absolute Gasteiger partial charge is 0.0788 e. The maximum Gasteiger partial charge on any atom is 0.0788 e. The number of para-hydroxylation sites is 1. The normalized spacial score (nSPS) is 13.3. The molecule has 1 nitrogen and oxygen atoms in total.